The van der Waals surface area contributed by atoms with Crippen LogP contribution >= 0.6 is 12.4 Å². The number of para-hydroxylation sites is 1. The van der Waals surface area contributed by atoms with Crippen LogP contribution in [-0.2, 0) is 0 Å². The molecule has 0 bridgehead atoms. The molecule has 1 saturated heterocycles. The fourth-order valence-electron chi connectivity index (χ4n) is 3.12. The lowest BCUT2D eigenvalue weighted by atomic mass is 10.1. The Bertz CT molecular complexity index is 543. The van der Waals surface area contributed by atoms with Gasteiger partial charge in [0.2, 0.25) is 0 Å². The van der Waals surface area contributed by atoms with Crippen LogP contribution in [0.2, 0.25) is 0 Å². The smallest absolute Gasteiger partial charge is 0.257 e. The van der Waals surface area contributed by atoms with Gasteiger partial charge < -0.3 is 14.7 Å². The van der Waals surface area contributed by atoms with E-state index in [4.69, 9.17) is 4.74 Å². The summed E-state index contributed by atoms with van der Waals surface area (Å²) in [6.45, 7) is 6.27. The molecular weight excluding hydrogens is 328 g/mol. The first-order valence-corrected chi connectivity index (χ1v) is 8.60. The monoisotopic (exact) mass is 354 g/mol. The maximum atomic E-state index is 12.7. The average molecular weight is 355 g/mol. The predicted octanol–water partition coefficient (Wildman–Crippen LogP) is 2.04. The minimum atomic E-state index is -0.198. The van der Waals surface area contributed by atoms with E-state index >= 15 is 0 Å². The van der Waals surface area contributed by atoms with E-state index < -0.39 is 0 Å². The number of benzene rings is 1. The molecule has 1 amide bonds. The molecule has 2 fully saturated rings. The number of nitrogens with zero attached hydrogens (tertiary/aromatic N) is 2. The van der Waals surface area contributed by atoms with Crippen LogP contribution in [0.25, 0.3) is 0 Å². The number of β-amino-alcohol motifs (C(OH)–C–C–N with tert-alkyl or cyclic N) is 1. The average Bonchev–Trinajstić information content (AvgIpc) is 3.41. The number of aliphatic hydroxyl groups is 1. The number of halogens is 1. The molecule has 1 unspecified atom stereocenters. The summed E-state index contributed by atoms with van der Waals surface area (Å²) in [5.74, 6) is 1.20. The summed E-state index contributed by atoms with van der Waals surface area (Å²) >= 11 is 0. The van der Waals surface area contributed by atoms with E-state index in [1.165, 1.54) is 0 Å². The summed E-state index contributed by atoms with van der Waals surface area (Å²) in [5, 5.41) is 10.1. The van der Waals surface area contributed by atoms with Crippen LogP contribution in [0.4, 0.5) is 0 Å². The van der Waals surface area contributed by atoms with Crippen LogP contribution in [0, 0.1) is 5.92 Å². The second kappa shape index (κ2) is 8.70. The van der Waals surface area contributed by atoms with Crippen molar-refractivity contribution in [3.8, 4) is 5.75 Å². The van der Waals surface area contributed by atoms with Crippen molar-refractivity contribution in [2.45, 2.75) is 25.9 Å². The standard InChI is InChI=1S/C18H26N2O3.ClH/c1-2-23-17-6-4-3-5-15(17)18(22)20-11-9-19(10-12-20)13-16(21)14-7-8-14;/h3-6,14,16,21H,2,7-13H2,1H3;1H. The first-order valence-electron chi connectivity index (χ1n) is 8.60. The van der Waals surface area contributed by atoms with Gasteiger partial charge in [0.25, 0.3) is 5.91 Å². The minimum absolute atomic E-state index is 0. The summed E-state index contributed by atoms with van der Waals surface area (Å²) in [5.41, 5.74) is 0.640. The number of ether oxygens (including phenoxy) is 1. The Morgan fingerprint density at radius 3 is 2.54 bits per heavy atom. The largest absolute Gasteiger partial charge is 0.493 e. The highest BCUT2D eigenvalue weighted by molar-refractivity contribution is 5.97. The molecule has 24 heavy (non-hydrogen) atoms. The molecule has 1 aromatic carbocycles. The lowest BCUT2D eigenvalue weighted by Crippen LogP contribution is -2.50. The summed E-state index contributed by atoms with van der Waals surface area (Å²) < 4.78 is 5.57. The fraction of sp³-hybridized carbons (Fsp3) is 0.611. The normalized spacial score (nSPS) is 19.5. The maximum Gasteiger partial charge on any atom is 0.257 e. The molecule has 1 aromatic rings. The van der Waals surface area contributed by atoms with E-state index in [0.29, 0.717) is 36.9 Å². The lowest BCUT2D eigenvalue weighted by molar-refractivity contribution is 0.0486. The third-order valence-electron chi connectivity index (χ3n) is 4.69. The SMILES string of the molecule is CCOc1ccccc1C(=O)N1CCN(CC(O)C2CC2)CC1.Cl. The molecule has 6 heteroatoms. The minimum Gasteiger partial charge on any atom is -0.493 e. The summed E-state index contributed by atoms with van der Waals surface area (Å²) in [7, 11) is 0. The molecule has 1 N–H and O–H groups in total. The number of carbonyl (C=O) groups excluding carboxylic acids is 1. The molecule has 0 aromatic heterocycles. The number of hydrogen-bond donors (Lipinski definition) is 1. The van der Waals surface area contributed by atoms with Gasteiger partial charge in [-0.15, -0.1) is 12.4 Å². The third-order valence-corrected chi connectivity index (χ3v) is 4.69. The van der Waals surface area contributed by atoms with Gasteiger partial charge in [-0.25, -0.2) is 0 Å². The van der Waals surface area contributed by atoms with Crippen molar-refractivity contribution in [2.75, 3.05) is 39.3 Å². The van der Waals surface area contributed by atoms with E-state index in [9.17, 15) is 9.90 Å². The van der Waals surface area contributed by atoms with E-state index in [1.807, 2.05) is 36.1 Å². The Kier molecular flexibility index (Phi) is 6.90. The maximum absolute atomic E-state index is 12.7. The lowest BCUT2D eigenvalue weighted by Gasteiger charge is -2.35. The quantitative estimate of drug-likeness (QED) is 0.849. The topological polar surface area (TPSA) is 53.0 Å². The number of hydrogen-bond acceptors (Lipinski definition) is 4. The van der Waals surface area contributed by atoms with Gasteiger partial charge in [0.15, 0.2) is 0 Å². The molecule has 1 saturated carbocycles. The van der Waals surface area contributed by atoms with Crippen LogP contribution in [-0.4, -0.2) is 66.2 Å². The highest BCUT2D eigenvalue weighted by Gasteiger charge is 2.32. The molecule has 134 valence electrons. The molecule has 5 nitrogen and oxygen atoms in total. The van der Waals surface area contributed by atoms with Crippen molar-refractivity contribution in [1.82, 2.24) is 9.80 Å². The molecule has 2 aliphatic rings. The summed E-state index contributed by atoms with van der Waals surface area (Å²) in [6, 6.07) is 7.44. The van der Waals surface area contributed by atoms with E-state index in [0.717, 1.165) is 32.5 Å². The van der Waals surface area contributed by atoms with Crippen molar-refractivity contribution < 1.29 is 14.6 Å². The van der Waals surface area contributed by atoms with Crippen molar-refractivity contribution >= 4 is 18.3 Å². The second-order valence-corrected chi connectivity index (χ2v) is 6.43. The third kappa shape index (κ3) is 4.62. The molecule has 0 radical (unpaired) electrons. The van der Waals surface area contributed by atoms with Gasteiger partial charge >= 0.3 is 0 Å². The first-order chi connectivity index (χ1) is 11.2. The van der Waals surface area contributed by atoms with Gasteiger partial charge in [-0.05, 0) is 37.8 Å². The first kappa shape index (κ1) is 19.0. The zero-order valence-electron chi connectivity index (χ0n) is 14.2. The molecule has 1 aliphatic carbocycles. The van der Waals surface area contributed by atoms with E-state index in [-0.39, 0.29) is 24.4 Å². The van der Waals surface area contributed by atoms with E-state index in [2.05, 4.69) is 4.90 Å². The molecule has 1 atom stereocenters. The Hall–Kier alpha value is -1.30. The molecular formula is C18H27ClN2O3. The van der Waals surface area contributed by atoms with E-state index in [1.54, 1.807) is 0 Å². The Morgan fingerprint density at radius 2 is 1.92 bits per heavy atom. The van der Waals surface area contributed by atoms with Crippen molar-refractivity contribution in [3.63, 3.8) is 0 Å². The van der Waals surface area contributed by atoms with Gasteiger partial charge in [0, 0.05) is 32.7 Å². The predicted molar refractivity (Wildman–Crippen MR) is 95.9 cm³/mol. The summed E-state index contributed by atoms with van der Waals surface area (Å²) in [4.78, 5) is 16.9. The highest BCUT2D eigenvalue weighted by atomic mass is 35.5. The van der Waals surface area contributed by atoms with Crippen LogP contribution < -0.4 is 4.74 Å². The Balaban J connectivity index is 0.00000208. The van der Waals surface area contributed by atoms with Crippen LogP contribution in [0.1, 0.15) is 30.1 Å². The van der Waals surface area contributed by atoms with Crippen molar-refractivity contribution in [2.24, 2.45) is 5.92 Å². The van der Waals surface area contributed by atoms with Gasteiger partial charge in [-0.1, -0.05) is 12.1 Å². The highest BCUT2D eigenvalue weighted by Crippen LogP contribution is 2.33. The molecule has 1 heterocycles. The van der Waals surface area contributed by atoms with Crippen molar-refractivity contribution in [3.05, 3.63) is 29.8 Å². The second-order valence-electron chi connectivity index (χ2n) is 6.43. The van der Waals surface area contributed by atoms with Gasteiger partial charge in [-0.2, -0.15) is 0 Å². The van der Waals surface area contributed by atoms with Gasteiger partial charge in [-0.3, -0.25) is 9.69 Å². The summed E-state index contributed by atoms with van der Waals surface area (Å²) in [6.07, 6.45) is 2.12. The Morgan fingerprint density at radius 1 is 1.25 bits per heavy atom. The van der Waals surface area contributed by atoms with Gasteiger partial charge in [0.05, 0.1) is 18.3 Å². The molecule has 1 aliphatic heterocycles. The van der Waals surface area contributed by atoms with Gasteiger partial charge in [0.1, 0.15) is 5.75 Å². The number of rotatable bonds is 6. The fourth-order valence-corrected chi connectivity index (χ4v) is 3.12. The van der Waals surface area contributed by atoms with Crippen LogP contribution in [0.5, 0.6) is 5.75 Å². The van der Waals surface area contributed by atoms with Crippen LogP contribution in [0.15, 0.2) is 24.3 Å². The number of aliphatic hydroxyl groups excluding tert-OH is 1. The zero-order valence-corrected chi connectivity index (χ0v) is 15.0. The molecule has 3 rings (SSSR count). The zero-order chi connectivity index (χ0) is 16.2. The Labute approximate surface area is 150 Å². The van der Waals surface area contributed by atoms with Crippen molar-refractivity contribution in [1.29, 1.82) is 0 Å². The number of amides is 1. The molecule has 0 spiro atoms. The number of carbonyl (C=O) groups is 1. The van der Waals surface area contributed by atoms with Crippen LogP contribution in [0.3, 0.4) is 0 Å². The number of piperazine rings is 1.